The van der Waals surface area contributed by atoms with Gasteiger partial charge in [-0.2, -0.15) is 18.4 Å². The average Bonchev–Trinajstić information content (AvgIpc) is 2.37. The molecule has 0 saturated heterocycles. The Balaban J connectivity index is 2.23. The predicted molar refractivity (Wildman–Crippen MR) is 64.0 cm³/mol. The zero-order chi connectivity index (χ0) is 14.8. The molecule has 0 fully saturated rings. The lowest BCUT2D eigenvalue weighted by atomic mass is 10.3. The Labute approximate surface area is 112 Å². The molecule has 102 valence electrons. The van der Waals surface area contributed by atoms with Crippen molar-refractivity contribution in [3.05, 3.63) is 41.5 Å². The van der Waals surface area contributed by atoms with Crippen molar-refractivity contribution in [2.24, 2.45) is 0 Å². The van der Waals surface area contributed by atoms with Crippen LogP contribution in [-0.4, -0.2) is 15.0 Å². The number of rotatable bonds is 2. The minimum Gasteiger partial charge on any atom is -0.323 e. The molecule has 2 aromatic rings. The van der Waals surface area contributed by atoms with Gasteiger partial charge in [-0.3, -0.25) is 0 Å². The summed E-state index contributed by atoms with van der Waals surface area (Å²) in [6, 6.07) is 5.43. The Morgan fingerprint density at radius 2 is 2.00 bits per heavy atom. The van der Waals surface area contributed by atoms with Gasteiger partial charge >= 0.3 is 6.18 Å². The molecule has 2 rings (SSSR count). The number of halogens is 3. The van der Waals surface area contributed by atoms with E-state index in [1.165, 1.54) is 12.1 Å². The molecular weight excluding hydrogens is 271 g/mol. The van der Waals surface area contributed by atoms with Crippen LogP contribution in [-0.2, 0) is 6.18 Å². The first-order chi connectivity index (χ1) is 9.38. The number of anilines is 2. The van der Waals surface area contributed by atoms with Crippen molar-refractivity contribution in [1.29, 1.82) is 5.26 Å². The highest BCUT2D eigenvalue weighted by Gasteiger charge is 2.32. The standard InChI is InChI=1S/C12H8F3N5/c1-7-4-9(5-16)20-11(18-7)19-8-2-3-10(17-6-8)12(13,14)15/h2-4,6H,1H3,(H,18,19,20). The van der Waals surface area contributed by atoms with Crippen molar-refractivity contribution < 1.29 is 13.2 Å². The largest absolute Gasteiger partial charge is 0.433 e. The summed E-state index contributed by atoms with van der Waals surface area (Å²) in [5.41, 5.74) is 0.0530. The summed E-state index contributed by atoms with van der Waals surface area (Å²) < 4.78 is 37.1. The molecule has 0 spiro atoms. The highest BCUT2D eigenvalue weighted by atomic mass is 19.4. The zero-order valence-electron chi connectivity index (χ0n) is 10.2. The number of nitriles is 1. The number of aryl methyl sites for hydroxylation is 1. The van der Waals surface area contributed by atoms with Gasteiger partial charge in [-0.15, -0.1) is 0 Å². The van der Waals surface area contributed by atoms with Crippen LogP contribution in [0.2, 0.25) is 0 Å². The van der Waals surface area contributed by atoms with Crippen LogP contribution in [0.4, 0.5) is 24.8 Å². The number of nitrogens with one attached hydrogen (secondary N) is 1. The molecule has 0 unspecified atom stereocenters. The summed E-state index contributed by atoms with van der Waals surface area (Å²) in [6.45, 7) is 1.68. The lowest BCUT2D eigenvalue weighted by molar-refractivity contribution is -0.141. The Morgan fingerprint density at radius 3 is 2.55 bits per heavy atom. The summed E-state index contributed by atoms with van der Waals surface area (Å²) in [5.74, 6) is 0.128. The maximum Gasteiger partial charge on any atom is 0.433 e. The first kappa shape index (κ1) is 13.7. The van der Waals surface area contributed by atoms with Gasteiger partial charge < -0.3 is 5.32 Å². The smallest absolute Gasteiger partial charge is 0.323 e. The molecule has 0 atom stereocenters. The molecule has 0 bridgehead atoms. The number of pyridine rings is 1. The van der Waals surface area contributed by atoms with Crippen molar-refractivity contribution in [3.63, 3.8) is 0 Å². The number of aromatic nitrogens is 3. The second-order valence-electron chi connectivity index (χ2n) is 3.88. The normalized spacial score (nSPS) is 10.9. The van der Waals surface area contributed by atoms with Gasteiger partial charge in [-0.05, 0) is 25.1 Å². The third kappa shape index (κ3) is 3.20. The van der Waals surface area contributed by atoms with Gasteiger partial charge in [-0.25, -0.2) is 15.0 Å². The molecule has 0 aliphatic heterocycles. The monoisotopic (exact) mass is 279 g/mol. The van der Waals surface area contributed by atoms with E-state index in [4.69, 9.17) is 5.26 Å². The molecule has 0 radical (unpaired) electrons. The second kappa shape index (κ2) is 5.13. The summed E-state index contributed by atoms with van der Waals surface area (Å²) in [4.78, 5) is 11.2. The quantitative estimate of drug-likeness (QED) is 0.914. The minimum absolute atomic E-state index is 0.128. The Morgan fingerprint density at radius 1 is 1.25 bits per heavy atom. The van der Waals surface area contributed by atoms with E-state index in [0.717, 1.165) is 12.3 Å². The molecule has 20 heavy (non-hydrogen) atoms. The Bertz CT molecular complexity index is 658. The van der Waals surface area contributed by atoms with E-state index in [9.17, 15) is 13.2 Å². The molecule has 5 nitrogen and oxygen atoms in total. The van der Waals surface area contributed by atoms with Crippen molar-refractivity contribution >= 4 is 11.6 Å². The number of hydrogen-bond acceptors (Lipinski definition) is 5. The topological polar surface area (TPSA) is 74.5 Å². The maximum atomic E-state index is 12.4. The van der Waals surface area contributed by atoms with Crippen LogP contribution >= 0.6 is 0 Å². The van der Waals surface area contributed by atoms with Crippen molar-refractivity contribution in [3.8, 4) is 6.07 Å². The third-order valence-electron chi connectivity index (χ3n) is 2.28. The second-order valence-corrected chi connectivity index (χ2v) is 3.88. The highest BCUT2D eigenvalue weighted by Crippen LogP contribution is 2.28. The van der Waals surface area contributed by atoms with Gasteiger partial charge in [-0.1, -0.05) is 0 Å². The van der Waals surface area contributed by atoms with E-state index in [2.05, 4.69) is 20.3 Å². The van der Waals surface area contributed by atoms with E-state index < -0.39 is 11.9 Å². The van der Waals surface area contributed by atoms with E-state index in [1.54, 1.807) is 6.92 Å². The maximum absolute atomic E-state index is 12.4. The molecule has 2 aromatic heterocycles. The summed E-state index contributed by atoms with van der Waals surface area (Å²) >= 11 is 0. The lowest BCUT2D eigenvalue weighted by Gasteiger charge is -2.08. The summed E-state index contributed by atoms with van der Waals surface area (Å²) in [5, 5.41) is 11.5. The van der Waals surface area contributed by atoms with Crippen LogP contribution in [0.15, 0.2) is 24.4 Å². The molecule has 0 saturated carbocycles. The molecule has 8 heteroatoms. The minimum atomic E-state index is -4.48. The lowest BCUT2D eigenvalue weighted by Crippen LogP contribution is -2.08. The molecule has 0 aliphatic carbocycles. The molecular formula is C12H8F3N5. The highest BCUT2D eigenvalue weighted by molar-refractivity contribution is 5.52. The van der Waals surface area contributed by atoms with Crippen LogP contribution in [0.5, 0.6) is 0 Å². The molecule has 2 heterocycles. The van der Waals surface area contributed by atoms with Gasteiger partial charge in [0.15, 0.2) is 0 Å². The van der Waals surface area contributed by atoms with Crippen LogP contribution in [0.3, 0.4) is 0 Å². The van der Waals surface area contributed by atoms with Crippen LogP contribution in [0.25, 0.3) is 0 Å². The summed E-state index contributed by atoms with van der Waals surface area (Å²) in [6.07, 6.45) is -3.45. The van der Waals surface area contributed by atoms with Crippen LogP contribution in [0, 0.1) is 18.3 Å². The predicted octanol–water partition coefficient (Wildman–Crippen LogP) is 2.81. The van der Waals surface area contributed by atoms with E-state index in [1.807, 2.05) is 6.07 Å². The molecule has 0 aliphatic rings. The van der Waals surface area contributed by atoms with E-state index in [-0.39, 0.29) is 11.6 Å². The van der Waals surface area contributed by atoms with Crippen LogP contribution < -0.4 is 5.32 Å². The third-order valence-corrected chi connectivity index (χ3v) is 2.28. The first-order valence-electron chi connectivity index (χ1n) is 5.44. The van der Waals surface area contributed by atoms with Crippen molar-refractivity contribution in [2.75, 3.05) is 5.32 Å². The first-order valence-corrected chi connectivity index (χ1v) is 5.44. The fourth-order valence-corrected chi connectivity index (χ4v) is 1.45. The van der Waals surface area contributed by atoms with E-state index in [0.29, 0.717) is 11.4 Å². The molecule has 0 amide bonds. The Hall–Kier alpha value is -2.69. The fourth-order valence-electron chi connectivity index (χ4n) is 1.45. The average molecular weight is 279 g/mol. The van der Waals surface area contributed by atoms with Gasteiger partial charge in [0.2, 0.25) is 5.95 Å². The number of hydrogen-bond donors (Lipinski definition) is 1. The van der Waals surface area contributed by atoms with Crippen molar-refractivity contribution in [2.45, 2.75) is 13.1 Å². The SMILES string of the molecule is Cc1cc(C#N)nc(Nc2ccc(C(F)(F)F)nc2)n1. The van der Waals surface area contributed by atoms with Gasteiger partial charge in [0.05, 0.1) is 11.9 Å². The fraction of sp³-hybridized carbons (Fsp3) is 0.167. The molecule has 1 N–H and O–H groups in total. The molecule has 0 aromatic carbocycles. The Kier molecular flexibility index (Phi) is 3.52. The van der Waals surface area contributed by atoms with Crippen LogP contribution in [0.1, 0.15) is 17.1 Å². The summed E-state index contributed by atoms with van der Waals surface area (Å²) in [7, 11) is 0. The van der Waals surface area contributed by atoms with Gasteiger partial charge in [0.25, 0.3) is 0 Å². The van der Waals surface area contributed by atoms with Gasteiger partial charge in [0.1, 0.15) is 17.5 Å². The number of alkyl halides is 3. The number of nitrogens with zero attached hydrogens (tertiary/aromatic N) is 4. The van der Waals surface area contributed by atoms with Crippen molar-refractivity contribution in [1.82, 2.24) is 15.0 Å². The van der Waals surface area contributed by atoms with Gasteiger partial charge in [0, 0.05) is 5.69 Å². The van der Waals surface area contributed by atoms with E-state index >= 15 is 0 Å². The zero-order valence-corrected chi connectivity index (χ0v) is 10.2.